The fraction of sp³-hybridized carbons (Fsp3) is 1.00. The van der Waals surface area contributed by atoms with Crippen LogP contribution in [0.5, 0.6) is 0 Å². The predicted octanol–water partition coefficient (Wildman–Crippen LogP) is 1.71. The van der Waals surface area contributed by atoms with E-state index in [0.717, 1.165) is 19.6 Å². The quantitative estimate of drug-likeness (QED) is 0.774. The Kier molecular flexibility index (Phi) is 4.00. The van der Waals surface area contributed by atoms with Gasteiger partial charge in [0.05, 0.1) is 24.9 Å². The first kappa shape index (κ1) is 11.4. The van der Waals surface area contributed by atoms with Crippen molar-refractivity contribution in [1.29, 1.82) is 0 Å². The van der Waals surface area contributed by atoms with E-state index in [-0.39, 0.29) is 0 Å². The van der Waals surface area contributed by atoms with Crippen LogP contribution in [0.2, 0.25) is 0 Å². The summed E-state index contributed by atoms with van der Waals surface area (Å²) in [6, 6.07) is 0.660. The zero-order chi connectivity index (χ0) is 10.7. The van der Waals surface area contributed by atoms with Crippen LogP contribution in [0.3, 0.4) is 0 Å². The van der Waals surface area contributed by atoms with Crippen LogP contribution in [0, 0.1) is 0 Å². The van der Waals surface area contributed by atoms with Crippen molar-refractivity contribution in [2.45, 2.75) is 63.9 Å². The summed E-state index contributed by atoms with van der Waals surface area (Å²) < 4.78 is 11.6. The van der Waals surface area contributed by atoms with Crippen LogP contribution in [0.25, 0.3) is 0 Å². The van der Waals surface area contributed by atoms with E-state index in [1.807, 2.05) is 0 Å². The van der Waals surface area contributed by atoms with Crippen LogP contribution in [0.15, 0.2) is 0 Å². The van der Waals surface area contributed by atoms with Crippen LogP contribution >= 0.6 is 0 Å². The van der Waals surface area contributed by atoms with E-state index >= 15 is 0 Å². The molecule has 15 heavy (non-hydrogen) atoms. The molecule has 4 atom stereocenters. The molecule has 3 nitrogen and oxygen atoms in total. The van der Waals surface area contributed by atoms with Gasteiger partial charge in [0, 0.05) is 12.6 Å². The molecular weight excluding hydrogens is 190 g/mol. The summed E-state index contributed by atoms with van der Waals surface area (Å²) in [7, 11) is 0. The van der Waals surface area contributed by atoms with Gasteiger partial charge >= 0.3 is 0 Å². The molecule has 0 saturated carbocycles. The van der Waals surface area contributed by atoms with Crippen molar-refractivity contribution in [3.8, 4) is 0 Å². The third-order valence-corrected chi connectivity index (χ3v) is 3.45. The minimum atomic E-state index is 0.347. The van der Waals surface area contributed by atoms with Crippen LogP contribution in [-0.2, 0) is 9.47 Å². The standard InChI is InChI=1S/C12H23NO2/c1-9-3-5-11(7-13-9)14-8-12-6-4-10(2)15-12/h9-13H,3-8H2,1-2H3. The van der Waals surface area contributed by atoms with Gasteiger partial charge in [0.1, 0.15) is 0 Å². The first-order valence-corrected chi connectivity index (χ1v) is 6.24. The minimum absolute atomic E-state index is 0.347. The Bertz CT molecular complexity index is 190. The van der Waals surface area contributed by atoms with Gasteiger partial charge in [-0.15, -0.1) is 0 Å². The number of nitrogens with one attached hydrogen (secondary N) is 1. The summed E-state index contributed by atoms with van der Waals surface area (Å²) in [4.78, 5) is 0. The second-order valence-electron chi connectivity index (χ2n) is 4.99. The maximum Gasteiger partial charge on any atom is 0.0813 e. The molecule has 1 N–H and O–H groups in total. The highest BCUT2D eigenvalue weighted by Gasteiger charge is 2.24. The molecule has 0 aromatic rings. The van der Waals surface area contributed by atoms with E-state index in [4.69, 9.17) is 9.47 Å². The topological polar surface area (TPSA) is 30.5 Å². The van der Waals surface area contributed by atoms with E-state index in [2.05, 4.69) is 19.2 Å². The Balaban J connectivity index is 1.61. The van der Waals surface area contributed by atoms with Crippen LogP contribution < -0.4 is 5.32 Å². The molecule has 0 aliphatic carbocycles. The number of piperidine rings is 1. The van der Waals surface area contributed by atoms with Gasteiger partial charge in [0.25, 0.3) is 0 Å². The number of rotatable bonds is 3. The van der Waals surface area contributed by atoms with Gasteiger partial charge in [-0.3, -0.25) is 0 Å². The normalized spacial score (nSPS) is 42.0. The predicted molar refractivity (Wildman–Crippen MR) is 60.0 cm³/mol. The Morgan fingerprint density at radius 2 is 2.07 bits per heavy atom. The Morgan fingerprint density at radius 3 is 2.67 bits per heavy atom. The zero-order valence-electron chi connectivity index (χ0n) is 9.87. The van der Waals surface area contributed by atoms with Crippen LogP contribution in [0.1, 0.15) is 39.5 Å². The maximum absolute atomic E-state index is 5.88. The molecule has 2 fully saturated rings. The second-order valence-corrected chi connectivity index (χ2v) is 4.99. The Labute approximate surface area is 92.5 Å². The summed E-state index contributed by atoms with van der Waals surface area (Å²) in [6.07, 6.45) is 5.96. The fourth-order valence-corrected chi connectivity index (χ4v) is 2.37. The van der Waals surface area contributed by atoms with E-state index < -0.39 is 0 Å². The molecule has 2 aliphatic rings. The highest BCUT2D eigenvalue weighted by atomic mass is 16.5. The molecule has 2 heterocycles. The van der Waals surface area contributed by atoms with Gasteiger partial charge in [0.2, 0.25) is 0 Å². The van der Waals surface area contributed by atoms with Gasteiger partial charge in [0.15, 0.2) is 0 Å². The van der Waals surface area contributed by atoms with Crippen LogP contribution in [0.4, 0.5) is 0 Å². The molecule has 0 amide bonds. The van der Waals surface area contributed by atoms with Crippen molar-refractivity contribution in [2.24, 2.45) is 0 Å². The minimum Gasteiger partial charge on any atom is -0.374 e. The van der Waals surface area contributed by atoms with Crippen molar-refractivity contribution < 1.29 is 9.47 Å². The van der Waals surface area contributed by atoms with E-state index in [1.54, 1.807) is 0 Å². The molecule has 0 spiro atoms. The molecule has 0 aromatic carbocycles. The molecule has 2 saturated heterocycles. The van der Waals surface area contributed by atoms with Gasteiger partial charge < -0.3 is 14.8 Å². The molecule has 2 rings (SSSR count). The molecule has 0 aromatic heterocycles. The van der Waals surface area contributed by atoms with Gasteiger partial charge in [-0.05, 0) is 39.5 Å². The van der Waals surface area contributed by atoms with Gasteiger partial charge in [-0.25, -0.2) is 0 Å². The van der Waals surface area contributed by atoms with Crippen molar-refractivity contribution in [2.75, 3.05) is 13.2 Å². The smallest absolute Gasteiger partial charge is 0.0813 e. The lowest BCUT2D eigenvalue weighted by Crippen LogP contribution is -2.41. The van der Waals surface area contributed by atoms with Gasteiger partial charge in [-0.1, -0.05) is 0 Å². The van der Waals surface area contributed by atoms with Crippen LogP contribution in [-0.4, -0.2) is 37.5 Å². The summed E-state index contributed by atoms with van der Waals surface area (Å²) in [5.74, 6) is 0. The zero-order valence-corrected chi connectivity index (χ0v) is 9.87. The first-order valence-electron chi connectivity index (χ1n) is 6.24. The summed E-state index contributed by atoms with van der Waals surface area (Å²) in [6.45, 7) is 6.16. The van der Waals surface area contributed by atoms with Crippen molar-refractivity contribution in [3.63, 3.8) is 0 Å². The molecule has 0 bridgehead atoms. The number of hydrogen-bond donors (Lipinski definition) is 1. The van der Waals surface area contributed by atoms with Crippen molar-refractivity contribution in [3.05, 3.63) is 0 Å². The Hall–Kier alpha value is -0.120. The van der Waals surface area contributed by atoms with E-state index in [0.29, 0.717) is 24.4 Å². The van der Waals surface area contributed by atoms with Crippen molar-refractivity contribution in [1.82, 2.24) is 5.32 Å². The first-order chi connectivity index (χ1) is 7.24. The molecule has 2 aliphatic heterocycles. The van der Waals surface area contributed by atoms with E-state index in [1.165, 1.54) is 19.3 Å². The third kappa shape index (κ3) is 3.44. The largest absolute Gasteiger partial charge is 0.374 e. The van der Waals surface area contributed by atoms with E-state index in [9.17, 15) is 0 Å². The Morgan fingerprint density at radius 1 is 1.20 bits per heavy atom. The monoisotopic (exact) mass is 213 g/mol. The average molecular weight is 213 g/mol. The molecule has 88 valence electrons. The van der Waals surface area contributed by atoms with Crippen molar-refractivity contribution >= 4 is 0 Å². The fourth-order valence-electron chi connectivity index (χ4n) is 2.37. The lowest BCUT2D eigenvalue weighted by atomic mass is 10.0. The second kappa shape index (κ2) is 5.28. The highest BCUT2D eigenvalue weighted by molar-refractivity contribution is 4.76. The number of hydrogen-bond acceptors (Lipinski definition) is 3. The summed E-state index contributed by atoms with van der Waals surface area (Å²) in [5, 5.41) is 3.45. The van der Waals surface area contributed by atoms with Gasteiger partial charge in [-0.2, -0.15) is 0 Å². The molecular formula is C12H23NO2. The third-order valence-electron chi connectivity index (χ3n) is 3.45. The highest BCUT2D eigenvalue weighted by Crippen LogP contribution is 2.20. The SMILES string of the molecule is CC1CCC(OCC2CCC(C)O2)CN1. The maximum atomic E-state index is 5.88. The lowest BCUT2D eigenvalue weighted by molar-refractivity contribution is -0.0452. The molecule has 3 heteroatoms. The molecule has 0 radical (unpaired) electrons. The number of ether oxygens (including phenoxy) is 2. The summed E-state index contributed by atoms with van der Waals surface area (Å²) >= 11 is 0. The lowest BCUT2D eigenvalue weighted by Gasteiger charge is -2.28. The summed E-state index contributed by atoms with van der Waals surface area (Å²) in [5.41, 5.74) is 0. The average Bonchev–Trinajstić information content (AvgIpc) is 2.64. The molecule has 4 unspecified atom stereocenters.